The monoisotopic (exact) mass is 331 g/mol. The van der Waals surface area contributed by atoms with Gasteiger partial charge in [-0.3, -0.25) is 4.79 Å². The Hall–Kier alpha value is -2.06. The summed E-state index contributed by atoms with van der Waals surface area (Å²) in [7, 11) is 0. The van der Waals surface area contributed by atoms with Gasteiger partial charge >= 0.3 is 0 Å². The molecule has 22 heavy (non-hydrogen) atoms. The number of aryl methyl sites for hydroxylation is 1. The molecule has 0 radical (unpaired) electrons. The summed E-state index contributed by atoms with van der Waals surface area (Å²) in [6.07, 6.45) is 5.20. The van der Waals surface area contributed by atoms with Crippen LogP contribution in [-0.2, 0) is 17.8 Å². The van der Waals surface area contributed by atoms with Gasteiger partial charge in [-0.15, -0.1) is 11.3 Å². The summed E-state index contributed by atoms with van der Waals surface area (Å²) in [6.45, 7) is 0.837. The third-order valence-corrected chi connectivity index (χ3v) is 5.24. The summed E-state index contributed by atoms with van der Waals surface area (Å²) in [5.41, 5.74) is 1.11. The van der Waals surface area contributed by atoms with Gasteiger partial charge in [0.1, 0.15) is 0 Å². The van der Waals surface area contributed by atoms with Crippen molar-refractivity contribution in [1.82, 2.24) is 18.9 Å². The summed E-state index contributed by atoms with van der Waals surface area (Å²) in [6, 6.07) is 3.94. The zero-order valence-electron chi connectivity index (χ0n) is 11.6. The van der Waals surface area contributed by atoms with E-state index in [1.165, 1.54) is 11.5 Å². The van der Waals surface area contributed by atoms with E-state index in [0.717, 1.165) is 30.0 Å². The number of carbonyl (C=O) groups excluding carboxylic acids is 1. The number of rotatable bonds is 3. The number of nitrogens with zero attached hydrogens (tertiary/aromatic N) is 4. The Balaban J connectivity index is 1.44. The molecule has 0 saturated carbocycles. The number of amides is 1. The maximum Gasteiger partial charge on any atom is 0.229 e. The number of fused-ring (bicyclic) bond motifs is 1. The summed E-state index contributed by atoms with van der Waals surface area (Å²) < 4.78 is 6.40. The molecule has 0 unspecified atom stereocenters. The van der Waals surface area contributed by atoms with Gasteiger partial charge in [0, 0.05) is 42.3 Å². The van der Waals surface area contributed by atoms with E-state index in [2.05, 4.69) is 24.2 Å². The average molecular weight is 331 g/mol. The standard InChI is InChI=1S/C14H13N5OS2/c20-13(9-3-4-19-8-15-7-10(19)6-9)17-14-16-12(18-22-14)11-2-1-5-21-11/h1-2,5,7-9H,3-4,6H2,(H,16,17,18,20)/t9-/m1/s1. The molecule has 1 aliphatic rings. The predicted octanol–water partition coefficient (Wildman–Crippen LogP) is 2.66. The van der Waals surface area contributed by atoms with Crippen LogP contribution in [0.1, 0.15) is 12.1 Å². The number of imidazole rings is 1. The summed E-state index contributed by atoms with van der Waals surface area (Å²) >= 11 is 2.81. The van der Waals surface area contributed by atoms with Crippen molar-refractivity contribution in [1.29, 1.82) is 0 Å². The van der Waals surface area contributed by atoms with Gasteiger partial charge < -0.3 is 9.88 Å². The first kappa shape index (κ1) is 13.6. The molecule has 112 valence electrons. The lowest BCUT2D eigenvalue weighted by atomic mass is 9.95. The molecule has 1 N–H and O–H groups in total. The highest BCUT2D eigenvalue weighted by molar-refractivity contribution is 7.14. The van der Waals surface area contributed by atoms with E-state index in [0.29, 0.717) is 11.0 Å². The molecule has 4 rings (SSSR count). The maximum atomic E-state index is 12.4. The topological polar surface area (TPSA) is 72.7 Å². The zero-order valence-corrected chi connectivity index (χ0v) is 13.2. The van der Waals surface area contributed by atoms with Crippen LogP contribution in [0.3, 0.4) is 0 Å². The zero-order chi connectivity index (χ0) is 14.9. The number of hydrogen-bond acceptors (Lipinski definition) is 6. The molecule has 1 aliphatic heterocycles. The Kier molecular flexibility index (Phi) is 3.47. The fourth-order valence-corrected chi connectivity index (χ4v) is 3.88. The Morgan fingerprint density at radius 2 is 2.41 bits per heavy atom. The predicted molar refractivity (Wildman–Crippen MR) is 85.9 cm³/mol. The second-order valence-electron chi connectivity index (χ2n) is 5.16. The van der Waals surface area contributed by atoms with Crippen molar-refractivity contribution in [2.75, 3.05) is 5.32 Å². The fraction of sp³-hybridized carbons (Fsp3) is 0.286. The second-order valence-corrected chi connectivity index (χ2v) is 6.86. The molecule has 1 atom stereocenters. The lowest BCUT2D eigenvalue weighted by Crippen LogP contribution is -2.29. The average Bonchev–Trinajstić information content (AvgIpc) is 3.27. The number of aromatic nitrogens is 4. The normalized spacial score (nSPS) is 17.2. The molecule has 0 fully saturated rings. The molecule has 1 amide bonds. The number of thiophene rings is 1. The first-order valence-electron chi connectivity index (χ1n) is 6.97. The van der Waals surface area contributed by atoms with E-state index < -0.39 is 0 Å². The van der Waals surface area contributed by atoms with Crippen molar-refractivity contribution in [2.45, 2.75) is 19.4 Å². The Bertz CT molecular complexity index is 792. The van der Waals surface area contributed by atoms with E-state index in [-0.39, 0.29) is 11.8 Å². The van der Waals surface area contributed by atoms with Gasteiger partial charge in [0.25, 0.3) is 0 Å². The minimum atomic E-state index is -0.0294. The molecular weight excluding hydrogens is 318 g/mol. The van der Waals surface area contributed by atoms with Crippen molar-refractivity contribution in [3.8, 4) is 10.7 Å². The number of carbonyl (C=O) groups is 1. The van der Waals surface area contributed by atoms with Gasteiger partial charge in [-0.1, -0.05) is 6.07 Å². The van der Waals surface area contributed by atoms with Gasteiger partial charge in [0.05, 0.1) is 11.2 Å². The Labute approximate surface area is 135 Å². The molecule has 0 spiro atoms. The minimum Gasteiger partial charge on any atom is -0.335 e. The molecule has 0 saturated heterocycles. The maximum absolute atomic E-state index is 12.4. The number of hydrogen-bond donors (Lipinski definition) is 1. The van der Waals surface area contributed by atoms with Gasteiger partial charge in [-0.2, -0.15) is 9.36 Å². The largest absolute Gasteiger partial charge is 0.335 e. The SMILES string of the molecule is O=C(Nc1nc(-c2cccs2)ns1)[C@@H]1CCn2cncc2C1. The first-order chi connectivity index (χ1) is 10.8. The van der Waals surface area contributed by atoms with Gasteiger partial charge in [0.2, 0.25) is 11.0 Å². The molecule has 0 aliphatic carbocycles. The van der Waals surface area contributed by atoms with E-state index in [4.69, 9.17) is 0 Å². The number of anilines is 1. The van der Waals surface area contributed by atoms with Crippen molar-refractivity contribution in [2.24, 2.45) is 5.92 Å². The summed E-state index contributed by atoms with van der Waals surface area (Å²) in [5, 5.41) is 5.45. The van der Waals surface area contributed by atoms with Crippen LogP contribution in [0, 0.1) is 5.92 Å². The Morgan fingerprint density at radius 3 is 3.27 bits per heavy atom. The van der Waals surface area contributed by atoms with E-state index >= 15 is 0 Å². The van der Waals surface area contributed by atoms with Crippen LogP contribution < -0.4 is 5.32 Å². The van der Waals surface area contributed by atoms with E-state index in [9.17, 15) is 4.79 Å². The highest BCUT2D eigenvalue weighted by Gasteiger charge is 2.25. The van der Waals surface area contributed by atoms with Crippen LogP contribution in [0.2, 0.25) is 0 Å². The van der Waals surface area contributed by atoms with Crippen LogP contribution in [-0.4, -0.2) is 24.8 Å². The summed E-state index contributed by atoms with van der Waals surface area (Å²) in [5.74, 6) is 0.664. The fourth-order valence-electron chi connectivity index (χ4n) is 2.58. The molecule has 0 bridgehead atoms. The van der Waals surface area contributed by atoms with Crippen molar-refractivity contribution in [3.63, 3.8) is 0 Å². The van der Waals surface area contributed by atoms with Crippen LogP contribution in [0.5, 0.6) is 0 Å². The Morgan fingerprint density at radius 1 is 1.45 bits per heavy atom. The molecule has 3 aromatic heterocycles. The highest BCUT2D eigenvalue weighted by atomic mass is 32.1. The molecular formula is C14H13N5OS2. The van der Waals surface area contributed by atoms with Gasteiger partial charge in [-0.25, -0.2) is 4.98 Å². The third-order valence-electron chi connectivity index (χ3n) is 3.74. The van der Waals surface area contributed by atoms with Crippen molar-refractivity contribution in [3.05, 3.63) is 35.7 Å². The van der Waals surface area contributed by atoms with Crippen molar-refractivity contribution < 1.29 is 4.79 Å². The van der Waals surface area contributed by atoms with E-state index in [1.54, 1.807) is 11.3 Å². The summed E-state index contributed by atoms with van der Waals surface area (Å²) in [4.78, 5) is 21.9. The molecule has 0 aromatic carbocycles. The lowest BCUT2D eigenvalue weighted by molar-refractivity contribution is -0.120. The molecule has 3 aromatic rings. The molecule has 6 nitrogen and oxygen atoms in total. The van der Waals surface area contributed by atoms with Crippen LogP contribution in [0.15, 0.2) is 30.0 Å². The quantitative estimate of drug-likeness (QED) is 0.801. The number of nitrogens with one attached hydrogen (secondary N) is 1. The minimum absolute atomic E-state index is 0.0151. The van der Waals surface area contributed by atoms with E-state index in [1.807, 2.05) is 30.0 Å². The van der Waals surface area contributed by atoms with Gasteiger partial charge in [0.15, 0.2) is 5.82 Å². The lowest BCUT2D eigenvalue weighted by Gasteiger charge is -2.22. The van der Waals surface area contributed by atoms with Crippen LogP contribution in [0.25, 0.3) is 10.7 Å². The van der Waals surface area contributed by atoms with Crippen LogP contribution >= 0.6 is 22.9 Å². The van der Waals surface area contributed by atoms with Crippen molar-refractivity contribution >= 4 is 33.9 Å². The smallest absolute Gasteiger partial charge is 0.229 e. The molecule has 4 heterocycles. The molecule has 8 heteroatoms. The second kappa shape index (κ2) is 5.62. The van der Waals surface area contributed by atoms with Crippen LogP contribution in [0.4, 0.5) is 5.13 Å². The first-order valence-corrected chi connectivity index (χ1v) is 8.62. The van der Waals surface area contributed by atoms with Gasteiger partial charge in [-0.05, 0) is 17.9 Å². The third kappa shape index (κ3) is 2.55. The highest BCUT2D eigenvalue weighted by Crippen LogP contribution is 2.26.